The Bertz CT molecular complexity index is 1790. The third-order valence-corrected chi connectivity index (χ3v) is 13.0. The zero-order valence-corrected chi connectivity index (χ0v) is 35.1. The monoisotopic (exact) mass is 864 g/mol. The van der Waals surface area contributed by atoms with E-state index in [0.29, 0.717) is 38.3 Å². The van der Waals surface area contributed by atoms with Crippen molar-refractivity contribution < 1.29 is 28.6 Å². The van der Waals surface area contributed by atoms with Crippen LogP contribution in [0.4, 0.5) is 5.69 Å². The summed E-state index contributed by atoms with van der Waals surface area (Å²) in [4.78, 5) is 43.7. The fourth-order valence-corrected chi connectivity index (χ4v) is 8.15. The van der Waals surface area contributed by atoms with Crippen molar-refractivity contribution in [2.45, 2.75) is 82.5 Å². The van der Waals surface area contributed by atoms with Crippen LogP contribution in [-0.2, 0) is 29.3 Å². The van der Waals surface area contributed by atoms with Gasteiger partial charge in [0.2, 0.25) is 11.8 Å². The Kier molecular flexibility index (Phi) is 13.1. The van der Waals surface area contributed by atoms with E-state index in [1.807, 2.05) is 30.3 Å². The molecular formula is C39H47Cl2IN2O6Si. The summed E-state index contributed by atoms with van der Waals surface area (Å²) in [6, 6.07) is 17.1. The zero-order valence-electron chi connectivity index (χ0n) is 30.4. The second-order valence-corrected chi connectivity index (χ2v) is 22.5. The van der Waals surface area contributed by atoms with Crippen molar-refractivity contribution in [3.63, 3.8) is 0 Å². The predicted molar refractivity (Wildman–Crippen MR) is 216 cm³/mol. The number of nitrogens with zero attached hydrogens (tertiary/aromatic N) is 1. The molecule has 4 unspecified atom stereocenters. The van der Waals surface area contributed by atoms with Gasteiger partial charge in [-0.05, 0) is 104 Å². The molecule has 0 radical (unpaired) electrons. The van der Waals surface area contributed by atoms with E-state index in [1.165, 1.54) is 4.90 Å². The summed E-state index contributed by atoms with van der Waals surface area (Å²) in [5, 5.41) is 3.98. The van der Waals surface area contributed by atoms with Gasteiger partial charge in [0, 0.05) is 50.0 Å². The molecule has 274 valence electrons. The van der Waals surface area contributed by atoms with Gasteiger partial charge in [0.05, 0.1) is 14.1 Å². The summed E-state index contributed by atoms with van der Waals surface area (Å²) in [6.45, 7) is 18.0. The molecule has 0 aromatic heterocycles. The molecule has 1 fully saturated rings. The number of hydrogen-bond donors (Lipinski definition) is 1. The standard InChI is InChI=1S/C33H31Cl2IN2O5.C6H16OSi/c1-5-13-42-27-12-10-22(36)16-23(27)30-33(24-11-9-21(35)15-26(24)37-31(33)41)25(19-7-6-8-20(34)14-19)17-28(39)38(30)18-29(40)43-32(2,3)4;1-6(7-2)8(3,4)5/h5-12,14-16,25,30H,1,13,17-18H2,2-4H3,(H,37,41);6H,1-5H3. The number of ether oxygens (including phenoxy) is 3. The minimum absolute atomic E-state index is 0.0537. The Morgan fingerprint density at radius 1 is 1.10 bits per heavy atom. The molecule has 1 saturated heterocycles. The predicted octanol–water partition coefficient (Wildman–Crippen LogP) is 9.35. The highest BCUT2D eigenvalue weighted by molar-refractivity contribution is 14.1. The van der Waals surface area contributed by atoms with Crippen LogP contribution in [0.2, 0.25) is 29.7 Å². The van der Waals surface area contributed by atoms with Crippen LogP contribution < -0.4 is 10.1 Å². The van der Waals surface area contributed by atoms with Crippen LogP contribution in [0.1, 0.15) is 62.8 Å². The summed E-state index contributed by atoms with van der Waals surface area (Å²) in [7, 11) is 0.798. The van der Waals surface area contributed by atoms with E-state index in [9.17, 15) is 14.4 Å². The van der Waals surface area contributed by atoms with Gasteiger partial charge in [0.25, 0.3) is 0 Å². The third-order valence-electron chi connectivity index (χ3n) is 9.21. The lowest BCUT2D eigenvalue weighted by Crippen LogP contribution is -2.59. The normalized spacial score (nSPS) is 20.6. The number of likely N-dealkylation sites (tertiary alicyclic amines) is 1. The molecule has 8 nitrogen and oxygen atoms in total. The number of halogens is 3. The van der Waals surface area contributed by atoms with Gasteiger partial charge in [0.1, 0.15) is 29.9 Å². The average molecular weight is 866 g/mol. The summed E-state index contributed by atoms with van der Waals surface area (Å²) < 4.78 is 17.8. The van der Waals surface area contributed by atoms with Crippen LogP contribution in [-0.4, -0.2) is 62.3 Å². The number of piperidine rings is 1. The summed E-state index contributed by atoms with van der Waals surface area (Å²) in [5.41, 5.74) is 0.822. The number of methoxy groups -OCH3 is 1. The molecule has 0 bridgehead atoms. The number of hydrogen-bond acceptors (Lipinski definition) is 6. The van der Waals surface area contributed by atoms with Crippen LogP contribution >= 0.6 is 45.8 Å². The number of amides is 2. The maximum atomic E-state index is 14.6. The largest absolute Gasteiger partial charge is 0.489 e. The van der Waals surface area contributed by atoms with Gasteiger partial charge < -0.3 is 24.4 Å². The van der Waals surface area contributed by atoms with Crippen LogP contribution in [0.15, 0.2) is 73.3 Å². The number of esters is 1. The first-order valence-electron chi connectivity index (χ1n) is 16.8. The molecule has 1 spiro atoms. The van der Waals surface area contributed by atoms with Crippen molar-refractivity contribution in [2.75, 3.05) is 25.6 Å². The zero-order chi connectivity index (χ0) is 37.9. The van der Waals surface area contributed by atoms with Gasteiger partial charge in [0.15, 0.2) is 0 Å². The molecule has 12 heteroatoms. The van der Waals surface area contributed by atoms with Crippen molar-refractivity contribution in [3.05, 3.63) is 104 Å². The lowest BCUT2D eigenvalue weighted by molar-refractivity contribution is -0.164. The molecular weight excluding hydrogens is 818 g/mol. The number of carbonyl (C=O) groups is 3. The van der Waals surface area contributed by atoms with Crippen molar-refractivity contribution in [1.82, 2.24) is 4.90 Å². The van der Waals surface area contributed by atoms with E-state index >= 15 is 0 Å². The third kappa shape index (κ3) is 9.19. The Hall–Kier alpha value is -2.90. The molecule has 1 N–H and O–H groups in total. The Balaban J connectivity index is 0.000000652. The SMILES string of the molecule is C=CCOc1ccc(I)cc1C1N(CC(=O)OC(C)(C)C)C(=O)CC(c2cccc(Cl)c2)C12C(=O)Nc1cc(Cl)ccc12.COC(C)[Si](C)(C)C. The summed E-state index contributed by atoms with van der Waals surface area (Å²) in [6.07, 6.45) is 1.57. The minimum Gasteiger partial charge on any atom is -0.489 e. The van der Waals surface area contributed by atoms with E-state index in [-0.39, 0.29) is 31.4 Å². The Labute approximate surface area is 326 Å². The van der Waals surface area contributed by atoms with Gasteiger partial charge in [-0.2, -0.15) is 0 Å². The quantitative estimate of drug-likeness (QED) is 0.0998. The van der Waals surface area contributed by atoms with Crippen molar-refractivity contribution in [2.24, 2.45) is 0 Å². The van der Waals surface area contributed by atoms with Gasteiger partial charge in [-0.25, -0.2) is 0 Å². The van der Waals surface area contributed by atoms with E-state index in [4.69, 9.17) is 37.4 Å². The smallest absolute Gasteiger partial charge is 0.326 e. The van der Waals surface area contributed by atoms with Crippen molar-refractivity contribution in [3.8, 4) is 5.75 Å². The Morgan fingerprint density at radius 3 is 2.37 bits per heavy atom. The van der Waals surface area contributed by atoms with E-state index in [0.717, 1.165) is 9.13 Å². The topological polar surface area (TPSA) is 94.2 Å². The molecule has 2 heterocycles. The number of fused-ring (bicyclic) bond motifs is 2. The number of benzene rings is 3. The summed E-state index contributed by atoms with van der Waals surface area (Å²) in [5.74, 6) is -1.40. The van der Waals surface area contributed by atoms with E-state index in [1.54, 1.807) is 64.3 Å². The average Bonchev–Trinajstić information content (AvgIpc) is 3.31. The number of nitrogens with one attached hydrogen (secondary N) is 1. The highest BCUT2D eigenvalue weighted by atomic mass is 127. The molecule has 51 heavy (non-hydrogen) atoms. The molecule has 3 aromatic rings. The van der Waals surface area contributed by atoms with E-state index in [2.05, 4.69) is 61.1 Å². The van der Waals surface area contributed by atoms with Crippen LogP contribution in [0.25, 0.3) is 0 Å². The fraction of sp³-hybridized carbons (Fsp3) is 0.410. The first-order valence-corrected chi connectivity index (χ1v) is 22.2. The lowest BCUT2D eigenvalue weighted by atomic mass is 9.58. The molecule has 0 saturated carbocycles. The second-order valence-electron chi connectivity index (χ2n) is 14.9. The molecule has 3 aromatic carbocycles. The first kappa shape index (κ1) is 40.9. The van der Waals surface area contributed by atoms with Crippen LogP contribution in [0, 0.1) is 3.57 Å². The second kappa shape index (κ2) is 16.4. The van der Waals surface area contributed by atoms with Crippen LogP contribution in [0.5, 0.6) is 5.75 Å². The van der Waals surface area contributed by atoms with Crippen molar-refractivity contribution in [1.29, 1.82) is 0 Å². The highest BCUT2D eigenvalue weighted by Crippen LogP contribution is 2.61. The lowest BCUT2D eigenvalue weighted by Gasteiger charge is -2.51. The minimum atomic E-state index is -1.39. The molecule has 2 amide bonds. The number of carbonyl (C=O) groups excluding carboxylic acids is 3. The van der Waals surface area contributed by atoms with E-state index < -0.39 is 37.0 Å². The highest BCUT2D eigenvalue weighted by Gasteiger charge is 2.64. The first-order chi connectivity index (χ1) is 23.8. The molecule has 5 rings (SSSR count). The maximum absolute atomic E-state index is 14.6. The molecule has 2 aliphatic rings. The molecule has 2 aliphatic heterocycles. The fourth-order valence-electron chi connectivity index (χ4n) is 6.56. The number of rotatable bonds is 9. The van der Waals surface area contributed by atoms with Gasteiger partial charge in [-0.15, -0.1) is 0 Å². The Morgan fingerprint density at radius 2 is 1.78 bits per heavy atom. The van der Waals surface area contributed by atoms with Gasteiger partial charge in [-0.1, -0.05) is 73.7 Å². The molecule has 4 atom stereocenters. The molecule has 0 aliphatic carbocycles. The summed E-state index contributed by atoms with van der Waals surface area (Å²) >= 11 is 15.0. The maximum Gasteiger partial charge on any atom is 0.326 e. The van der Waals surface area contributed by atoms with Gasteiger partial charge in [-0.3, -0.25) is 14.4 Å². The van der Waals surface area contributed by atoms with Gasteiger partial charge >= 0.3 is 5.97 Å². The van der Waals surface area contributed by atoms with Crippen molar-refractivity contribution >= 4 is 77.3 Å². The number of anilines is 1. The van der Waals surface area contributed by atoms with Crippen LogP contribution in [0.3, 0.4) is 0 Å².